The van der Waals surface area contributed by atoms with Gasteiger partial charge in [0.15, 0.2) is 0 Å². The van der Waals surface area contributed by atoms with Gasteiger partial charge in [0.05, 0.1) is 0 Å². The van der Waals surface area contributed by atoms with E-state index in [1.807, 2.05) is 6.92 Å². The summed E-state index contributed by atoms with van der Waals surface area (Å²) in [5.74, 6) is -0.0145. The van der Waals surface area contributed by atoms with E-state index in [-0.39, 0.29) is 19.7 Å². The molecular formula is C8H16O2P4+2. The molecule has 0 spiro atoms. The van der Waals surface area contributed by atoms with Crippen LogP contribution in [0.5, 0.6) is 0 Å². The van der Waals surface area contributed by atoms with E-state index in [2.05, 4.69) is 25.2 Å². The van der Waals surface area contributed by atoms with Crippen LogP contribution in [0.1, 0.15) is 6.92 Å². The van der Waals surface area contributed by atoms with Crippen molar-refractivity contribution in [3.8, 4) is 0 Å². The van der Waals surface area contributed by atoms with Crippen molar-refractivity contribution in [2.24, 2.45) is 0 Å². The molecule has 1 heterocycles. The number of hydrogen-bond acceptors (Lipinski definition) is 2. The number of hydrogen-bond donors (Lipinski definition) is 0. The number of carbonyl (C=O) groups excluding carboxylic acids is 1. The van der Waals surface area contributed by atoms with Gasteiger partial charge in [0.1, 0.15) is 0 Å². The minimum absolute atomic E-state index is 0.0145. The number of carbonyl (C=O) groups is 1. The summed E-state index contributed by atoms with van der Waals surface area (Å²) in [6.45, 7) is 6.76. The van der Waals surface area contributed by atoms with Gasteiger partial charge in [0, 0.05) is 0 Å². The monoisotopic (exact) mass is 268 g/mol. The van der Waals surface area contributed by atoms with Crippen molar-refractivity contribution in [1.82, 2.24) is 0 Å². The zero-order valence-electron chi connectivity index (χ0n) is 8.80. The Bertz CT molecular complexity index is 419. The van der Waals surface area contributed by atoms with Crippen LogP contribution in [0.25, 0.3) is 0 Å². The maximum absolute atomic E-state index is 11.5. The second kappa shape index (κ2) is 5.14. The third kappa shape index (κ3) is 2.43. The zero-order valence-corrected chi connectivity index (χ0v) is 12.4. The summed E-state index contributed by atoms with van der Waals surface area (Å²) in [7, 11) is 1.36. The third-order valence-electron chi connectivity index (χ3n) is 2.13. The quantitative estimate of drug-likeness (QED) is 0.576. The summed E-state index contributed by atoms with van der Waals surface area (Å²) in [6, 6.07) is 0. The second-order valence-corrected chi connectivity index (χ2v) is 20.8. The van der Waals surface area contributed by atoms with E-state index in [0.29, 0.717) is 12.8 Å². The predicted octanol–water partition coefficient (Wildman–Crippen LogP) is 3.69. The van der Waals surface area contributed by atoms with Gasteiger partial charge < -0.3 is 0 Å². The van der Waals surface area contributed by atoms with Gasteiger partial charge in [-0.1, -0.05) is 0 Å². The van der Waals surface area contributed by atoms with E-state index in [1.165, 1.54) is 7.49 Å². The Labute approximate surface area is 88.2 Å². The average Bonchev–Trinajstić information content (AvgIpc) is 2.11. The molecule has 0 amide bonds. The molecular weight excluding hydrogens is 252 g/mol. The average molecular weight is 268 g/mol. The Balaban J connectivity index is 2.88. The van der Waals surface area contributed by atoms with Crippen LogP contribution in [0.4, 0.5) is 0 Å². The van der Waals surface area contributed by atoms with Crippen molar-refractivity contribution in [2.45, 2.75) is 6.92 Å². The fourth-order valence-corrected chi connectivity index (χ4v) is 26.3. The Morgan fingerprint density at radius 2 is 2.36 bits per heavy atom. The van der Waals surface area contributed by atoms with Crippen LogP contribution in [0.3, 0.4) is 0 Å². The molecule has 0 N–H and O–H groups in total. The van der Waals surface area contributed by atoms with Crippen LogP contribution >= 0.6 is 27.5 Å². The van der Waals surface area contributed by atoms with Crippen molar-refractivity contribution < 1.29 is 9.53 Å². The Morgan fingerprint density at radius 1 is 1.71 bits per heavy atom. The van der Waals surface area contributed by atoms with E-state index in [0.717, 1.165) is 0 Å². The maximum atomic E-state index is 11.5. The van der Waals surface area contributed by atoms with Crippen LogP contribution in [0, 0.1) is 0 Å². The molecule has 0 radical (unpaired) electrons. The summed E-state index contributed by atoms with van der Waals surface area (Å²) < 4.78 is 5.03. The molecule has 2 nitrogen and oxygen atoms in total. The number of rotatable bonds is 3. The third-order valence-corrected chi connectivity index (χ3v) is 28.4. The first-order valence-corrected chi connectivity index (χ1v) is 13.3. The molecule has 14 heavy (non-hydrogen) atoms. The van der Waals surface area contributed by atoms with E-state index >= 15 is 0 Å². The first kappa shape index (κ1) is 12.7. The van der Waals surface area contributed by atoms with Gasteiger partial charge in [0.25, 0.3) is 0 Å². The Morgan fingerprint density at radius 3 is 2.64 bits per heavy atom. The summed E-state index contributed by atoms with van der Waals surface area (Å²) in [6.07, 6.45) is 3.75. The fraction of sp³-hybridized carbons (Fsp3) is 0.625. The van der Waals surface area contributed by atoms with Crippen LogP contribution in [0.15, 0.2) is 0 Å². The molecule has 1 aliphatic heterocycles. The minimum atomic E-state index is -1.11. The van der Waals surface area contributed by atoms with Crippen molar-refractivity contribution in [3.05, 3.63) is 0 Å². The van der Waals surface area contributed by atoms with Crippen LogP contribution < -0.4 is 0 Å². The van der Waals surface area contributed by atoms with Gasteiger partial charge in [-0.25, -0.2) is 0 Å². The van der Waals surface area contributed by atoms with E-state index in [9.17, 15) is 4.79 Å². The van der Waals surface area contributed by atoms with Crippen LogP contribution in [-0.2, 0) is 9.53 Å². The zero-order chi connectivity index (χ0) is 10.8. The normalized spacial score (nSPS) is 26.9. The van der Waals surface area contributed by atoms with Crippen molar-refractivity contribution >= 4 is 45.3 Å². The number of esters is 1. The van der Waals surface area contributed by atoms with E-state index in [1.54, 1.807) is 0 Å². The molecule has 0 saturated carbocycles. The first-order chi connectivity index (χ1) is 6.53. The molecule has 0 aromatic heterocycles. The van der Waals surface area contributed by atoms with Gasteiger partial charge in [-0.2, -0.15) is 0 Å². The van der Waals surface area contributed by atoms with Crippen molar-refractivity contribution in [1.29, 1.82) is 0 Å². The topological polar surface area (TPSA) is 26.3 Å². The van der Waals surface area contributed by atoms with Crippen molar-refractivity contribution in [3.63, 3.8) is 0 Å². The molecule has 1 aliphatic rings. The van der Waals surface area contributed by atoms with Gasteiger partial charge in [0.2, 0.25) is 0 Å². The molecule has 0 aromatic rings. The SMILES string of the molecule is C=P1=[P+]=CP1(CC(=O)OCC)=[P+](C)C. The summed E-state index contributed by atoms with van der Waals surface area (Å²) in [4.78, 5) is 11.5. The van der Waals surface area contributed by atoms with Gasteiger partial charge in [-0.05, 0) is 0 Å². The Kier molecular flexibility index (Phi) is 4.67. The molecule has 78 valence electrons. The van der Waals surface area contributed by atoms with Gasteiger partial charge in [-0.3, -0.25) is 0 Å². The standard InChI is InChI=1S/C8H16O2P4/c1-5-10-8(9)6-14(12(2)3)7-11-13(14)4/h7H,4-6H2,1-3H3/q+2. The summed E-state index contributed by atoms with van der Waals surface area (Å²) >= 11 is 0. The summed E-state index contributed by atoms with van der Waals surface area (Å²) in [5.41, 5.74) is 2.37. The van der Waals surface area contributed by atoms with E-state index in [4.69, 9.17) is 4.74 Å². The fourth-order valence-electron chi connectivity index (χ4n) is 1.21. The molecule has 0 fully saturated rings. The molecule has 2 unspecified atom stereocenters. The molecule has 6 heteroatoms. The molecule has 0 aliphatic carbocycles. The first-order valence-electron chi connectivity index (χ1n) is 4.40. The number of ether oxygens (including phenoxy) is 1. The predicted molar refractivity (Wildman–Crippen MR) is 74.2 cm³/mol. The van der Waals surface area contributed by atoms with Gasteiger partial charge in [-0.15, -0.1) is 0 Å². The molecule has 2 atom stereocenters. The molecule has 0 saturated heterocycles. The molecule has 0 aromatic carbocycles. The van der Waals surface area contributed by atoms with Crippen LogP contribution in [0.2, 0.25) is 0 Å². The summed E-state index contributed by atoms with van der Waals surface area (Å²) in [5, 5.41) is 0. The Hall–Kier alpha value is 0.670. The van der Waals surface area contributed by atoms with Crippen LogP contribution in [-0.4, -0.2) is 43.9 Å². The molecule has 0 bridgehead atoms. The van der Waals surface area contributed by atoms with E-state index < -0.39 is 6.24 Å². The molecule has 1 rings (SSSR count). The second-order valence-electron chi connectivity index (χ2n) is 3.20. The van der Waals surface area contributed by atoms with Crippen molar-refractivity contribution in [2.75, 3.05) is 26.1 Å². The van der Waals surface area contributed by atoms with Gasteiger partial charge >= 0.3 is 87.8 Å².